The summed E-state index contributed by atoms with van der Waals surface area (Å²) in [6, 6.07) is 9.77. The average Bonchev–Trinajstić information content (AvgIpc) is 2.61. The van der Waals surface area contributed by atoms with Gasteiger partial charge in [0.25, 0.3) is 11.8 Å². The standard InChI is InChI=1S/C19H15FN2O4S/c1-2-26-16-9-11(6-7-15(16)23)8-14-17(24)21-19(27)22(18(14)25)13-5-3-4-12(20)10-13/h3-10,23H,2H2,1H3,(H,21,24,27)/b14-8+. The number of carbonyl (C=O) groups excluding carboxylic acids is 2. The highest BCUT2D eigenvalue weighted by Crippen LogP contribution is 2.29. The highest BCUT2D eigenvalue weighted by molar-refractivity contribution is 7.80. The smallest absolute Gasteiger partial charge is 0.270 e. The molecule has 0 bridgehead atoms. The molecule has 27 heavy (non-hydrogen) atoms. The van der Waals surface area contributed by atoms with E-state index in [1.165, 1.54) is 42.5 Å². The summed E-state index contributed by atoms with van der Waals surface area (Å²) >= 11 is 5.07. The summed E-state index contributed by atoms with van der Waals surface area (Å²) in [4.78, 5) is 26.2. The zero-order valence-corrected chi connectivity index (χ0v) is 15.0. The Morgan fingerprint density at radius 1 is 1.26 bits per heavy atom. The Morgan fingerprint density at radius 3 is 2.74 bits per heavy atom. The van der Waals surface area contributed by atoms with Crippen molar-refractivity contribution in [1.29, 1.82) is 0 Å². The van der Waals surface area contributed by atoms with Gasteiger partial charge < -0.3 is 9.84 Å². The number of phenols is 1. The van der Waals surface area contributed by atoms with Crippen molar-refractivity contribution in [2.24, 2.45) is 0 Å². The summed E-state index contributed by atoms with van der Waals surface area (Å²) in [6.45, 7) is 2.11. The molecule has 3 rings (SSSR count). The van der Waals surface area contributed by atoms with E-state index in [0.29, 0.717) is 12.2 Å². The molecule has 1 saturated heterocycles. The van der Waals surface area contributed by atoms with E-state index in [9.17, 15) is 19.1 Å². The van der Waals surface area contributed by atoms with E-state index in [2.05, 4.69) is 5.32 Å². The largest absolute Gasteiger partial charge is 0.504 e. The van der Waals surface area contributed by atoms with Crippen molar-refractivity contribution in [1.82, 2.24) is 5.32 Å². The van der Waals surface area contributed by atoms with Crippen LogP contribution >= 0.6 is 12.2 Å². The Kier molecular flexibility index (Phi) is 5.18. The average molecular weight is 386 g/mol. The number of nitrogens with zero attached hydrogens (tertiary/aromatic N) is 1. The van der Waals surface area contributed by atoms with Crippen LogP contribution in [0.5, 0.6) is 11.5 Å². The number of hydrogen-bond acceptors (Lipinski definition) is 5. The Labute approximate surface area is 159 Å². The molecule has 0 saturated carbocycles. The summed E-state index contributed by atoms with van der Waals surface area (Å²) in [5, 5.41) is 12.1. The Hall–Kier alpha value is -3.26. The van der Waals surface area contributed by atoms with Gasteiger partial charge >= 0.3 is 0 Å². The third-order valence-electron chi connectivity index (χ3n) is 3.76. The van der Waals surface area contributed by atoms with Gasteiger partial charge in [-0.1, -0.05) is 12.1 Å². The molecule has 2 aromatic rings. The number of aromatic hydroxyl groups is 1. The molecule has 2 amide bonds. The summed E-state index contributed by atoms with van der Waals surface area (Å²) < 4.78 is 18.8. The molecule has 8 heteroatoms. The van der Waals surface area contributed by atoms with Crippen LogP contribution < -0.4 is 15.0 Å². The second-order valence-corrected chi connectivity index (χ2v) is 5.98. The van der Waals surface area contributed by atoms with E-state index in [1.54, 1.807) is 6.92 Å². The van der Waals surface area contributed by atoms with Gasteiger partial charge in [-0.15, -0.1) is 0 Å². The topological polar surface area (TPSA) is 78.9 Å². The minimum Gasteiger partial charge on any atom is -0.504 e. The predicted molar refractivity (Wildman–Crippen MR) is 102 cm³/mol. The Bertz CT molecular complexity index is 974. The van der Waals surface area contributed by atoms with Gasteiger partial charge in [0.2, 0.25) is 0 Å². The molecule has 0 aromatic heterocycles. The maximum absolute atomic E-state index is 13.5. The Balaban J connectivity index is 2.00. The van der Waals surface area contributed by atoms with E-state index in [0.717, 1.165) is 11.0 Å². The van der Waals surface area contributed by atoms with E-state index >= 15 is 0 Å². The molecular weight excluding hydrogens is 371 g/mol. The van der Waals surface area contributed by atoms with Crippen molar-refractivity contribution in [2.45, 2.75) is 6.92 Å². The number of ether oxygens (including phenoxy) is 1. The zero-order chi connectivity index (χ0) is 19.6. The van der Waals surface area contributed by atoms with Gasteiger partial charge in [0.15, 0.2) is 16.6 Å². The highest BCUT2D eigenvalue weighted by atomic mass is 32.1. The fourth-order valence-electron chi connectivity index (χ4n) is 2.57. The van der Waals surface area contributed by atoms with E-state index < -0.39 is 17.6 Å². The first kappa shape index (κ1) is 18.5. The lowest BCUT2D eigenvalue weighted by molar-refractivity contribution is -0.122. The molecule has 6 nitrogen and oxygen atoms in total. The van der Waals surface area contributed by atoms with Gasteiger partial charge in [-0.25, -0.2) is 4.39 Å². The van der Waals surface area contributed by atoms with Crippen molar-refractivity contribution in [3.8, 4) is 11.5 Å². The number of thiocarbonyl (C=S) groups is 1. The lowest BCUT2D eigenvalue weighted by Crippen LogP contribution is -2.54. The van der Waals surface area contributed by atoms with Crippen LogP contribution in [0.2, 0.25) is 0 Å². The van der Waals surface area contributed by atoms with Gasteiger partial charge in [-0.2, -0.15) is 0 Å². The molecule has 1 heterocycles. The Morgan fingerprint density at radius 2 is 2.04 bits per heavy atom. The second-order valence-electron chi connectivity index (χ2n) is 5.60. The quantitative estimate of drug-likeness (QED) is 0.480. The maximum atomic E-state index is 13.5. The number of carbonyl (C=O) groups is 2. The molecule has 1 aliphatic heterocycles. The highest BCUT2D eigenvalue weighted by Gasteiger charge is 2.34. The van der Waals surface area contributed by atoms with Crippen LogP contribution in [-0.2, 0) is 9.59 Å². The summed E-state index contributed by atoms with van der Waals surface area (Å²) in [5.74, 6) is -1.71. The molecule has 138 valence electrons. The summed E-state index contributed by atoms with van der Waals surface area (Å²) in [5.41, 5.74) is 0.499. The number of hydrogen-bond donors (Lipinski definition) is 2. The van der Waals surface area contributed by atoms with Gasteiger partial charge in [0, 0.05) is 0 Å². The predicted octanol–water partition coefficient (Wildman–Crippen LogP) is 2.76. The third kappa shape index (κ3) is 3.80. The van der Waals surface area contributed by atoms with Crippen LogP contribution in [0.4, 0.5) is 10.1 Å². The SMILES string of the molecule is CCOc1cc(/C=C2\C(=O)NC(=S)N(c3cccc(F)c3)C2=O)ccc1O. The molecule has 0 atom stereocenters. The molecule has 1 fully saturated rings. The number of anilines is 1. The molecule has 1 aliphatic rings. The van der Waals surface area contributed by atoms with E-state index in [1.807, 2.05) is 0 Å². The van der Waals surface area contributed by atoms with Crippen molar-refractivity contribution < 1.29 is 23.8 Å². The lowest BCUT2D eigenvalue weighted by atomic mass is 10.1. The fraction of sp³-hybridized carbons (Fsp3) is 0.105. The van der Waals surface area contributed by atoms with Crippen LogP contribution in [0.3, 0.4) is 0 Å². The maximum Gasteiger partial charge on any atom is 0.270 e. The van der Waals surface area contributed by atoms with E-state index in [-0.39, 0.29) is 27.9 Å². The van der Waals surface area contributed by atoms with Crippen molar-refractivity contribution in [3.05, 3.63) is 59.4 Å². The van der Waals surface area contributed by atoms with Crippen molar-refractivity contribution in [3.63, 3.8) is 0 Å². The first-order valence-corrected chi connectivity index (χ1v) is 8.44. The molecule has 0 aliphatic carbocycles. The minimum atomic E-state index is -0.680. The number of amides is 2. The lowest BCUT2D eigenvalue weighted by Gasteiger charge is -2.28. The molecule has 0 unspecified atom stereocenters. The normalized spacial score (nSPS) is 15.9. The van der Waals surface area contributed by atoms with Gasteiger partial charge in [0.1, 0.15) is 11.4 Å². The molecule has 0 spiro atoms. The van der Waals surface area contributed by atoms with Gasteiger partial charge in [-0.05, 0) is 61.1 Å². The summed E-state index contributed by atoms with van der Waals surface area (Å²) in [7, 11) is 0. The minimum absolute atomic E-state index is 0.0546. The number of halogens is 1. The van der Waals surface area contributed by atoms with Gasteiger partial charge in [0.05, 0.1) is 12.3 Å². The van der Waals surface area contributed by atoms with Crippen molar-refractivity contribution >= 4 is 40.9 Å². The van der Waals surface area contributed by atoms with Crippen LogP contribution in [0.15, 0.2) is 48.0 Å². The number of phenolic OH excluding ortho intramolecular Hbond substituents is 1. The third-order valence-corrected chi connectivity index (χ3v) is 4.05. The number of rotatable bonds is 4. The van der Waals surface area contributed by atoms with Gasteiger partial charge in [-0.3, -0.25) is 19.8 Å². The number of nitrogens with one attached hydrogen (secondary N) is 1. The van der Waals surface area contributed by atoms with Crippen LogP contribution in [0.25, 0.3) is 6.08 Å². The monoisotopic (exact) mass is 386 g/mol. The number of benzene rings is 2. The summed E-state index contributed by atoms with van der Waals surface area (Å²) in [6.07, 6.45) is 1.35. The first-order valence-electron chi connectivity index (χ1n) is 8.03. The van der Waals surface area contributed by atoms with Crippen molar-refractivity contribution in [2.75, 3.05) is 11.5 Å². The molecule has 2 N–H and O–H groups in total. The molecule has 0 radical (unpaired) electrons. The molecular formula is C19H15FN2O4S. The first-order chi connectivity index (χ1) is 12.9. The molecule has 2 aromatic carbocycles. The zero-order valence-electron chi connectivity index (χ0n) is 14.2. The van der Waals surface area contributed by atoms with Crippen LogP contribution in [0, 0.1) is 5.82 Å². The fourth-order valence-corrected chi connectivity index (χ4v) is 2.85. The second kappa shape index (κ2) is 7.55. The van der Waals surface area contributed by atoms with Crippen LogP contribution in [0.1, 0.15) is 12.5 Å². The van der Waals surface area contributed by atoms with E-state index in [4.69, 9.17) is 17.0 Å². The van der Waals surface area contributed by atoms with Crippen LogP contribution in [-0.4, -0.2) is 28.6 Å².